The summed E-state index contributed by atoms with van der Waals surface area (Å²) >= 11 is 5.66. The van der Waals surface area contributed by atoms with Crippen LogP contribution in [0.15, 0.2) is 18.2 Å². The number of hydrogen-bond donors (Lipinski definition) is 1. The second-order valence-corrected chi connectivity index (χ2v) is 3.83. The molecule has 1 N–H and O–H groups in total. The fourth-order valence-corrected chi connectivity index (χ4v) is 1.36. The van der Waals surface area contributed by atoms with Gasteiger partial charge < -0.3 is 10.1 Å². The van der Waals surface area contributed by atoms with Crippen LogP contribution in [0.4, 0.5) is 4.39 Å². The predicted molar refractivity (Wildman–Crippen MR) is 59.6 cm³/mol. The SMILES string of the molecule is COC(C)CNCc1ccc(F)c(Cl)c1. The highest BCUT2D eigenvalue weighted by Gasteiger charge is 2.02. The number of benzene rings is 1. The molecule has 0 aliphatic heterocycles. The maximum Gasteiger partial charge on any atom is 0.141 e. The van der Waals surface area contributed by atoms with Crippen LogP contribution in [0, 0.1) is 5.82 Å². The van der Waals surface area contributed by atoms with Gasteiger partial charge in [0.25, 0.3) is 0 Å². The summed E-state index contributed by atoms with van der Waals surface area (Å²) in [7, 11) is 1.67. The number of halogens is 2. The summed E-state index contributed by atoms with van der Waals surface area (Å²) in [5.41, 5.74) is 0.963. The van der Waals surface area contributed by atoms with Crippen molar-refractivity contribution < 1.29 is 9.13 Å². The van der Waals surface area contributed by atoms with E-state index in [-0.39, 0.29) is 16.9 Å². The smallest absolute Gasteiger partial charge is 0.141 e. The van der Waals surface area contributed by atoms with Gasteiger partial charge in [-0.15, -0.1) is 0 Å². The van der Waals surface area contributed by atoms with Crippen LogP contribution in [0.1, 0.15) is 12.5 Å². The highest BCUT2D eigenvalue weighted by Crippen LogP contribution is 2.15. The van der Waals surface area contributed by atoms with E-state index in [2.05, 4.69) is 5.32 Å². The Hall–Kier alpha value is -0.640. The third kappa shape index (κ3) is 4.16. The zero-order valence-electron chi connectivity index (χ0n) is 8.89. The minimum atomic E-state index is -0.384. The summed E-state index contributed by atoms with van der Waals surface area (Å²) in [4.78, 5) is 0. The van der Waals surface area contributed by atoms with Crippen LogP contribution >= 0.6 is 11.6 Å². The van der Waals surface area contributed by atoms with Crippen molar-refractivity contribution in [2.45, 2.75) is 19.6 Å². The largest absolute Gasteiger partial charge is 0.380 e. The van der Waals surface area contributed by atoms with Crippen molar-refractivity contribution in [3.63, 3.8) is 0 Å². The highest BCUT2D eigenvalue weighted by atomic mass is 35.5. The van der Waals surface area contributed by atoms with E-state index in [0.717, 1.165) is 12.1 Å². The van der Waals surface area contributed by atoms with E-state index in [9.17, 15) is 4.39 Å². The van der Waals surface area contributed by atoms with Crippen molar-refractivity contribution in [2.24, 2.45) is 0 Å². The van der Waals surface area contributed by atoms with Crippen molar-refractivity contribution in [1.29, 1.82) is 0 Å². The van der Waals surface area contributed by atoms with Gasteiger partial charge in [0, 0.05) is 20.2 Å². The maximum absolute atomic E-state index is 12.8. The Morgan fingerprint density at radius 1 is 1.53 bits per heavy atom. The van der Waals surface area contributed by atoms with Gasteiger partial charge in [0.15, 0.2) is 0 Å². The summed E-state index contributed by atoms with van der Waals surface area (Å²) < 4.78 is 17.9. The van der Waals surface area contributed by atoms with E-state index in [1.54, 1.807) is 19.2 Å². The minimum absolute atomic E-state index is 0.161. The molecule has 0 spiro atoms. The molecule has 0 radical (unpaired) electrons. The molecule has 1 rings (SSSR count). The Bertz CT molecular complexity index is 319. The van der Waals surface area contributed by atoms with Crippen molar-refractivity contribution >= 4 is 11.6 Å². The first-order valence-electron chi connectivity index (χ1n) is 4.81. The zero-order chi connectivity index (χ0) is 11.3. The lowest BCUT2D eigenvalue weighted by molar-refractivity contribution is 0.117. The molecule has 1 aromatic rings. The summed E-state index contributed by atoms with van der Waals surface area (Å²) in [6.45, 7) is 3.39. The molecule has 1 unspecified atom stereocenters. The van der Waals surface area contributed by atoms with Gasteiger partial charge in [-0.1, -0.05) is 17.7 Å². The number of rotatable bonds is 5. The normalized spacial score (nSPS) is 12.8. The van der Waals surface area contributed by atoms with E-state index in [4.69, 9.17) is 16.3 Å². The van der Waals surface area contributed by atoms with Crippen LogP contribution < -0.4 is 5.32 Å². The van der Waals surface area contributed by atoms with Gasteiger partial charge in [-0.3, -0.25) is 0 Å². The van der Waals surface area contributed by atoms with Gasteiger partial charge >= 0.3 is 0 Å². The number of nitrogens with one attached hydrogen (secondary N) is 1. The topological polar surface area (TPSA) is 21.3 Å². The molecule has 0 aliphatic rings. The molecule has 0 heterocycles. The molecule has 1 aromatic carbocycles. The molecule has 15 heavy (non-hydrogen) atoms. The molecule has 0 aliphatic carbocycles. The highest BCUT2D eigenvalue weighted by molar-refractivity contribution is 6.30. The second kappa shape index (κ2) is 6.05. The monoisotopic (exact) mass is 231 g/mol. The van der Waals surface area contributed by atoms with Gasteiger partial charge in [0.1, 0.15) is 5.82 Å². The Morgan fingerprint density at radius 2 is 2.27 bits per heavy atom. The van der Waals surface area contributed by atoms with Crippen molar-refractivity contribution in [3.8, 4) is 0 Å². The van der Waals surface area contributed by atoms with E-state index >= 15 is 0 Å². The van der Waals surface area contributed by atoms with E-state index in [0.29, 0.717) is 6.54 Å². The molecular weight excluding hydrogens is 217 g/mol. The average Bonchev–Trinajstić information content (AvgIpc) is 2.23. The number of methoxy groups -OCH3 is 1. The molecule has 0 amide bonds. The molecule has 2 nitrogen and oxygen atoms in total. The summed E-state index contributed by atoms with van der Waals surface area (Å²) in [6.07, 6.45) is 0.168. The molecule has 0 aromatic heterocycles. The lowest BCUT2D eigenvalue weighted by atomic mass is 10.2. The third-order valence-electron chi connectivity index (χ3n) is 2.15. The van der Waals surface area contributed by atoms with Crippen LogP contribution in [0.2, 0.25) is 5.02 Å². The summed E-state index contributed by atoms with van der Waals surface area (Å²) in [5, 5.41) is 3.35. The lowest BCUT2D eigenvalue weighted by Crippen LogP contribution is -2.25. The van der Waals surface area contributed by atoms with E-state index < -0.39 is 0 Å². The van der Waals surface area contributed by atoms with Crippen LogP contribution in [-0.2, 0) is 11.3 Å². The maximum atomic E-state index is 12.8. The molecule has 0 fully saturated rings. The molecular formula is C11H15ClFNO. The standard InChI is InChI=1S/C11H15ClFNO/c1-8(15-2)6-14-7-9-3-4-11(13)10(12)5-9/h3-5,8,14H,6-7H2,1-2H3. The fourth-order valence-electron chi connectivity index (χ4n) is 1.15. The van der Waals surface area contributed by atoms with Crippen LogP contribution in [0.5, 0.6) is 0 Å². The van der Waals surface area contributed by atoms with Gasteiger partial charge in [-0.25, -0.2) is 4.39 Å². The van der Waals surface area contributed by atoms with Crippen LogP contribution in [-0.4, -0.2) is 19.8 Å². The van der Waals surface area contributed by atoms with Crippen molar-refractivity contribution in [1.82, 2.24) is 5.32 Å². The van der Waals surface area contributed by atoms with Crippen LogP contribution in [0.25, 0.3) is 0 Å². The lowest BCUT2D eigenvalue weighted by Gasteiger charge is -2.10. The Balaban J connectivity index is 2.41. The Morgan fingerprint density at radius 3 is 2.87 bits per heavy atom. The minimum Gasteiger partial charge on any atom is -0.380 e. The van der Waals surface area contributed by atoms with E-state index in [1.807, 2.05) is 6.92 Å². The fraction of sp³-hybridized carbons (Fsp3) is 0.455. The van der Waals surface area contributed by atoms with E-state index in [1.165, 1.54) is 6.07 Å². The van der Waals surface area contributed by atoms with Gasteiger partial charge in [0.2, 0.25) is 0 Å². The van der Waals surface area contributed by atoms with Gasteiger partial charge in [-0.05, 0) is 24.6 Å². The first-order chi connectivity index (χ1) is 7.13. The average molecular weight is 232 g/mol. The molecule has 4 heteroatoms. The number of ether oxygens (including phenoxy) is 1. The van der Waals surface area contributed by atoms with Crippen molar-refractivity contribution in [3.05, 3.63) is 34.6 Å². The molecule has 1 atom stereocenters. The van der Waals surface area contributed by atoms with Gasteiger partial charge in [0.05, 0.1) is 11.1 Å². The third-order valence-corrected chi connectivity index (χ3v) is 2.44. The molecule has 0 bridgehead atoms. The zero-order valence-corrected chi connectivity index (χ0v) is 9.64. The second-order valence-electron chi connectivity index (χ2n) is 3.43. The molecule has 84 valence electrons. The quantitative estimate of drug-likeness (QED) is 0.841. The Kier molecular flexibility index (Phi) is 5.02. The predicted octanol–water partition coefficient (Wildman–Crippen LogP) is 2.60. The summed E-state index contributed by atoms with van der Waals surface area (Å²) in [5.74, 6) is -0.384. The van der Waals surface area contributed by atoms with Crippen molar-refractivity contribution in [2.75, 3.05) is 13.7 Å². The first kappa shape index (κ1) is 12.4. The molecule has 0 saturated heterocycles. The van der Waals surface area contributed by atoms with Gasteiger partial charge in [-0.2, -0.15) is 0 Å². The van der Waals surface area contributed by atoms with Crippen LogP contribution in [0.3, 0.4) is 0 Å². The molecule has 0 saturated carbocycles. The Labute approximate surface area is 94.4 Å². The first-order valence-corrected chi connectivity index (χ1v) is 5.18. The number of hydrogen-bond acceptors (Lipinski definition) is 2. The summed E-state index contributed by atoms with van der Waals surface area (Å²) in [6, 6.07) is 4.71.